The number of benzene rings is 1. The number of carbonyl (C=O) groups excluding carboxylic acids is 1. The van der Waals surface area contributed by atoms with Gasteiger partial charge in [-0.1, -0.05) is 31.5 Å². The van der Waals surface area contributed by atoms with Crippen molar-refractivity contribution in [2.45, 2.75) is 55.5 Å². The standard InChI is InChI=1S/C17H24N2OS/c1-2-9-17(10-5-11-18-17)16(20)19-14-8-12-21-15-7-4-3-6-13(14)15/h3-4,6-7,14,18H,2,5,8-12H2,1H3,(H,19,20). The van der Waals surface area contributed by atoms with E-state index in [1.165, 1.54) is 10.5 Å². The number of thioether (sulfide) groups is 1. The monoisotopic (exact) mass is 304 g/mol. The smallest absolute Gasteiger partial charge is 0.240 e. The Morgan fingerprint density at radius 2 is 2.33 bits per heavy atom. The Bertz CT molecular complexity index is 511. The van der Waals surface area contributed by atoms with E-state index in [2.05, 4.69) is 41.8 Å². The van der Waals surface area contributed by atoms with Crippen molar-refractivity contribution < 1.29 is 4.79 Å². The zero-order valence-electron chi connectivity index (χ0n) is 12.7. The first kappa shape index (κ1) is 14.9. The average Bonchev–Trinajstić information content (AvgIpc) is 2.98. The molecule has 1 saturated heterocycles. The zero-order chi connectivity index (χ0) is 14.7. The van der Waals surface area contributed by atoms with E-state index in [4.69, 9.17) is 0 Å². The summed E-state index contributed by atoms with van der Waals surface area (Å²) in [5.74, 6) is 1.28. The maximum Gasteiger partial charge on any atom is 0.240 e. The predicted molar refractivity (Wildman–Crippen MR) is 87.5 cm³/mol. The van der Waals surface area contributed by atoms with Crippen molar-refractivity contribution in [2.24, 2.45) is 0 Å². The summed E-state index contributed by atoms with van der Waals surface area (Å²) in [4.78, 5) is 14.2. The molecule has 0 saturated carbocycles. The number of hydrogen-bond donors (Lipinski definition) is 2. The van der Waals surface area contributed by atoms with Crippen molar-refractivity contribution in [2.75, 3.05) is 12.3 Å². The summed E-state index contributed by atoms with van der Waals surface area (Å²) in [5, 5.41) is 6.79. The Kier molecular flexibility index (Phi) is 4.55. The molecule has 1 fully saturated rings. The van der Waals surface area contributed by atoms with E-state index < -0.39 is 0 Å². The van der Waals surface area contributed by atoms with Crippen molar-refractivity contribution in [3.05, 3.63) is 29.8 Å². The van der Waals surface area contributed by atoms with E-state index >= 15 is 0 Å². The van der Waals surface area contributed by atoms with Crippen LogP contribution in [0.3, 0.4) is 0 Å². The van der Waals surface area contributed by atoms with E-state index in [0.29, 0.717) is 0 Å². The molecule has 2 aliphatic rings. The SMILES string of the molecule is CCCC1(C(=O)NC2CCSc3ccccc32)CCCN1. The molecule has 21 heavy (non-hydrogen) atoms. The van der Waals surface area contributed by atoms with Crippen molar-refractivity contribution in [1.82, 2.24) is 10.6 Å². The van der Waals surface area contributed by atoms with Gasteiger partial charge in [0, 0.05) is 10.6 Å². The number of nitrogens with one attached hydrogen (secondary N) is 2. The molecule has 2 aliphatic heterocycles. The van der Waals surface area contributed by atoms with Crippen molar-refractivity contribution >= 4 is 17.7 Å². The highest BCUT2D eigenvalue weighted by Gasteiger charge is 2.41. The Hall–Kier alpha value is -1.00. The highest BCUT2D eigenvalue weighted by atomic mass is 32.2. The van der Waals surface area contributed by atoms with Crippen LogP contribution in [0.2, 0.25) is 0 Å². The summed E-state index contributed by atoms with van der Waals surface area (Å²) in [5.41, 5.74) is 0.959. The molecule has 0 aromatic heterocycles. The van der Waals surface area contributed by atoms with E-state index in [9.17, 15) is 4.79 Å². The third kappa shape index (κ3) is 2.97. The van der Waals surface area contributed by atoms with Gasteiger partial charge < -0.3 is 10.6 Å². The molecular formula is C17H24N2OS. The van der Waals surface area contributed by atoms with Crippen LogP contribution in [0.15, 0.2) is 29.2 Å². The molecule has 0 bridgehead atoms. The van der Waals surface area contributed by atoms with Crippen molar-refractivity contribution in [3.63, 3.8) is 0 Å². The predicted octanol–water partition coefficient (Wildman–Crippen LogP) is 3.26. The minimum absolute atomic E-state index is 0.172. The van der Waals surface area contributed by atoms with Crippen molar-refractivity contribution in [1.29, 1.82) is 0 Å². The molecular weight excluding hydrogens is 280 g/mol. The van der Waals surface area contributed by atoms with Gasteiger partial charge in [0.25, 0.3) is 0 Å². The van der Waals surface area contributed by atoms with Gasteiger partial charge in [-0.3, -0.25) is 4.79 Å². The van der Waals surface area contributed by atoms with Gasteiger partial charge in [-0.25, -0.2) is 0 Å². The van der Waals surface area contributed by atoms with Crippen LogP contribution in [0, 0.1) is 0 Å². The third-order valence-electron chi connectivity index (χ3n) is 4.62. The number of fused-ring (bicyclic) bond motifs is 1. The molecule has 3 rings (SSSR count). The fourth-order valence-corrected chi connectivity index (χ4v) is 4.67. The fourth-order valence-electron chi connectivity index (χ4n) is 3.54. The molecule has 2 unspecified atom stereocenters. The van der Waals surface area contributed by atoms with Crippen LogP contribution in [-0.4, -0.2) is 23.7 Å². The number of carbonyl (C=O) groups is 1. The molecule has 0 aliphatic carbocycles. The van der Waals surface area contributed by atoms with Crippen molar-refractivity contribution in [3.8, 4) is 0 Å². The Labute approximate surface area is 131 Å². The lowest BCUT2D eigenvalue weighted by Gasteiger charge is -2.32. The zero-order valence-corrected chi connectivity index (χ0v) is 13.5. The summed E-state index contributed by atoms with van der Waals surface area (Å²) in [6, 6.07) is 8.63. The second-order valence-electron chi connectivity index (χ2n) is 6.06. The Balaban J connectivity index is 1.76. The minimum Gasteiger partial charge on any atom is -0.348 e. The number of amides is 1. The fraction of sp³-hybridized carbons (Fsp3) is 0.588. The molecule has 114 valence electrons. The maximum absolute atomic E-state index is 12.9. The van der Waals surface area contributed by atoms with E-state index in [1.807, 2.05) is 11.8 Å². The maximum atomic E-state index is 12.9. The van der Waals surface area contributed by atoms with Crippen LogP contribution < -0.4 is 10.6 Å². The second-order valence-corrected chi connectivity index (χ2v) is 7.20. The Morgan fingerprint density at radius 3 is 3.10 bits per heavy atom. The first-order valence-corrected chi connectivity index (χ1v) is 9.01. The molecule has 1 aromatic rings. The molecule has 2 atom stereocenters. The molecule has 2 N–H and O–H groups in total. The number of rotatable bonds is 4. The Morgan fingerprint density at radius 1 is 1.48 bits per heavy atom. The van der Waals surface area contributed by atoms with Gasteiger partial charge in [-0.15, -0.1) is 11.8 Å². The highest BCUT2D eigenvalue weighted by Crippen LogP contribution is 2.36. The molecule has 2 heterocycles. The molecule has 3 nitrogen and oxygen atoms in total. The van der Waals surface area contributed by atoms with Crippen LogP contribution in [0.5, 0.6) is 0 Å². The lowest BCUT2D eigenvalue weighted by molar-refractivity contribution is -0.128. The van der Waals surface area contributed by atoms with Crippen LogP contribution in [0.25, 0.3) is 0 Å². The molecule has 0 radical (unpaired) electrons. The van der Waals surface area contributed by atoms with E-state index in [0.717, 1.165) is 44.4 Å². The number of hydrogen-bond acceptors (Lipinski definition) is 3. The first-order chi connectivity index (χ1) is 10.2. The summed E-state index contributed by atoms with van der Waals surface area (Å²) in [7, 11) is 0. The molecule has 0 spiro atoms. The summed E-state index contributed by atoms with van der Waals surface area (Å²) >= 11 is 1.89. The van der Waals surface area contributed by atoms with Gasteiger partial charge in [0.2, 0.25) is 5.91 Å². The second kappa shape index (κ2) is 6.41. The topological polar surface area (TPSA) is 41.1 Å². The summed E-state index contributed by atoms with van der Waals surface area (Å²) in [6.45, 7) is 3.12. The largest absolute Gasteiger partial charge is 0.348 e. The van der Waals surface area contributed by atoms with Crippen LogP contribution in [0.4, 0.5) is 0 Å². The minimum atomic E-state index is -0.325. The highest BCUT2D eigenvalue weighted by molar-refractivity contribution is 7.99. The van der Waals surface area contributed by atoms with Crippen LogP contribution in [-0.2, 0) is 4.79 Å². The van der Waals surface area contributed by atoms with Gasteiger partial charge in [0.15, 0.2) is 0 Å². The van der Waals surface area contributed by atoms with Gasteiger partial charge in [0.05, 0.1) is 11.6 Å². The average molecular weight is 304 g/mol. The van der Waals surface area contributed by atoms with E-state index in [1.54, 1.807) is 0 Å². The van der Waals surface area contributed by atoms with Crippen LogP contribution >= 0.6 is 11.8 Å². The summed E-state index contributed by atoms with van der Waals surface area (Å²) in [6.07, 6.45) is 5.06. The quantitative estimate of drug-likeness (QED) is 0.897. The van der Waals surface area contributed by atoms with E-state index in [-0.39, 0.29) is 17.5 Å². The van der Waals surface area contributed by atoms with Gasteiger partial charge in [0.1, 0.15) is 0 Å². The van der Waals surface area contributed by atoms with Gasteiger partial charge in [-0.05, 0) is 43.9 Å². The molecule has 4 heteroatoms. The molecule has 1 amide bonds. The third-order valence-corrected chi connectivity index (χ3v) is 5.74. The van der Waals surface area contributed by atoms with Gasteiger partial charge in [-0.2, -0.15) is 0 Å². The first-order valence-electron chi connectivity index (χ1n) is 8.03. The normalized spacial score (nSPS) is 28.1. The van der Waals surface area contributed by atoms with Crippen LogP contribution in [0.1, 0.15) is 50.6 Å². The lowest BCUT2D eigenvalue weighted by atomic mass is 9.90. The lowest BCUT2D eigenvalue weighted by Crippen LogP contribution is -2.54. The summed E-state index contributed by atoms with van der Waals surface area (Å²) < 4.78 is 0. The molecule has 1 aromatic carbocycles. The van der Waals surface area contributed by atoms with Gasteiger partial charge >= 0.3 is 0 Å².